The molecule has 0 saturated heterocycles. The SMILES string of the molecule is COc1ccc(S(=O)(=O)Br)cc1. The molecule has 0 spiro atoms. The number of rotatable bonds is 2. The van der Waals surface area contributed by atoms with Gasteiger partial charge < -0.3 is 4.74 Å². The molecule has 1 aromatic rings. The topological polar surface area (TPSA) is 43.4 Å². The maximum Gasteiger partial charge on any atom is 0.237 e. The first kappa shape index (κ1) is 9.54. The van der Waals surface area contributed by atoms with Crippen molar-refractivity contribution >= 4 is 23.1 Å². The molecule has 0 heterocycles. The summed E-state index contributed by atoms with van der Waals surface area (Å²) in [7, 11) is -1.75. The van der Waals surface area contributed by atoms with Gasteiger partial charge in [0.2, 0.25) is 8.27 Å². The Bertz CT molecular complexity index is 355. The van der Waals surface area contributed by atoms with E-state index in [2.05, 4.69) is 14.8 Å². The summed E-state index contributed by atoms with van der Waals surface area (Å²) in [5.41, 5.74) is 0. The molecule has 0 aliphatic heterocycles. The van der Waals surface area contributed by atoms with E-state index in [1.807, 2.05) is 0 Å². The number of ether oxygens (including phenoxy) is 1. The zero-order valence-electron chi connectivity index (χ0n) is 6.32. The smallest absolute Gasteiger partial charge is 0.237 e. The van der Waals surface area contributed by atoms with Crippen molar-refractivity contribution in [2.45, 2.75) is 4.90 Å². The normalized spacial score (nSPS) is 11.2. The average molecular weight is 251 g/mol. The third-order valence-corrected chi connectivity index (χ3v) is 3.30. The fourth-order valence-electron chi connectivity index (χ4n) is 0.738. The van der Waals surface area contributed by atoms with Crippen molar-refractivity contribution in [1.29, 1.82) is 0 Å². The van der Waals surface area contributed by atoms with Gasteiger partial charge in [-0.05, 0) is 24.3 Å². The summed E-state index contributed by atoms with van der Waals surface area (Å²) in [5.74, 6) is 0.634. The van der Waals surface area contributed by atoms with E-state index in [9.17, 15) is 8.42 Å². The Morgan fingerprint density at radius 2 is 1.75 bits per heavy atom. The summed E-state index contributed by atoms with van der Waals surface area (Å²) >= 11 is 2.56. The standard InChI is InChI=1S/C7H7BrO3S/c1-11-6-2-4-7(5-3-6)12(8,9)10/h2-5H,1H3. The maximum absolute atomic E-state index is 10.9. The fraction of sp³-hybridized carbons (Fsp3) is 0.143. The molecule has 0 fully saturated rings. The molecular weight excluding hydrogens is 244 g/mol. The molecule has 0 aliphatic rings. The van der Waals surface area contributed by atoms with Crippen molar-refractivity contribution < 1.29 is 13.2 Å². The molecule has 0 aliphatic carbocycles. The highest BCUT2D eigenvalue weighted by molar-refractivity contribution is 9.47. The largest absolute Gasteiger partial charge is 0.497 e. The number of halogens is 1. The monoisotopic (exact) mass is 250 g/mol. The summed E-state index contributed by atoms with van der Waals surface area (Å²) in [4.78, 5) is 0.225. The van der Waals surface area contributed by atoms with Gasteiger partial charge in [0.1, 0.15) is 5.75 Å². The molecule has 5 heteroatoms. The minimum atomic E-state index is -3.27. The van der Waals surface area contributed by atoms with Crippen LogP contribution in [0.25, 0.3) is 0 Å². The second-order valence-corrected chi connectivity index (χ2v) is 6.02. The van der Waals surface area contributed by atoms with E-state index in [4.69, 9.17) is 4.74 Å². The van der Waals surface area contributed by atoms with E-state index < -0.39 is 8.27 Å². The van der Waals surface area contributed by atoms with Crippen molar-refractivity contribution in [2.24, 2.45) is 0 Å². The number of hydrogen-bond acceptors (Lipinski definition) is 3. The highest BCUT2D eigenvalue weighted by atomic mass is 79.9. The van der Waals surface area contributed by atoms with E-state index >= 15 is 0 Å². The van der Waals surface area contributed by atoms with E-state index in [0.717, 1.165) is 0 Å². The Kier molecular flexibility index (Phi) is 2.74. The third-order valence-electron chi connectivity index (χ3n) is 1.34. The molecule has 66 valence electrons. The lowest BCUT2D eigenvalue weighted by molar-refractivity contribution is 0.414. The summed E-state index contributed by atoms with van der Waals surface area (Å²) < 4.78 is 26.7. The van der Waals surface area contributed by atoms with Crippen molar-refractivity contribution in [3.05, 3.63) is 24.3 Å². The van der Waals surface area contributed by atoms with Gasteiger partial charge in [-0.3, -0.25) is 0 Å². The Hall–Kier alpha value is -0.550. The first-order chi connectivity index (χ1) is 5.54. The van der Waals surface area contributed by atoms with Crippen molar-refractivity contribution in [3.63, 3.8) is 0 Å². The summed E-state index contributed by atoms with van der Waals surface area (Å²) in [6, 6.07) is 6.13. The molecule has 0 unspecified atom stereocenters. The highest BCUT2D eigenvalue weighted by Gasteiger charge is 2.07. The minimum Gasteiger partial charge on any atom is -0.497 e. The molecule has 1 aromatic carbocycles. The zero-order valence-corrected chi connectivity index (χ0v) is 8.72. The molecule has 0 bridgehead atoms. The summed E-state index contributed by atoms with van der Waals surface area (Å²) in [6.07, 6.45) is 0. The van der Waals surface area contributed by atoms with E-state index in [-0.39, 0.29) is 4.90 Å². The predicted octanol–water partition coefficient (Wildman–Crippen LogP) is 1.78. The van der Waals surface area contributed by atoms with Crippen LogP contribution in [0.3, 0.4) is 0 Å². The second-order valence-electron chi connectivity index (χ2n) is 2.11. The zero-order chi connectivity index (χ0) is 9.19. The van der Waals surface area contributed by atoms with Crippen LogP contribution >= 0.6 is 14.8 Å². The van der Waals surface area contributed by atoms with Gasteiger partial charge in [-0.2, -0.15) is 0 Å². The van der Waals surface area contributed by atoms with Gasteiger partial charge in [-0.15, -0.1) is 0 Å². The van der Waals surface area contributed by atoms with Gasteiger partial charge >= 0.3 is 0 Å². The van der Waals surface area contributed by atoms with E-state index in [0.29, 0.717) is 5.75 Å². The van der Waals surface area contributed by atoms with Crippen LogP contribution in [0.1, 0.15) is 0 Å². The maximum atomic E-state index is 10.9. The van der Waals surface area contributed by atoms with Gasteiger partial charge in [0.05, 0.1) is 26.8 Å². The quantitative estimate of drug-likeness (QED) is 0.752. The van der Waals surface area contributed by atoms with Crippen LogP contribution in [0.2, 0.25) is 0 Å². The van der Waals surface area contributed by atoms with Gasteiger partial charge in [-0.25, -0.2) is 8.42 Å². The second kappa shape index (κ2) is 3.45. The first-order valence-corrected chi connectivity index (χ1v) is 6.45. The molecule has 0 amide bonds. The Morgan fingerprint density at radius 3 is 2.08 bits per heavy atom. The molecule has 0 atom stereocenters. The molecule has 3 nitrogen and oxygen atoms in total. The molecular formula is C7H7BrO3S. The molecule has 0 saturated carbocycles. The van der Waals surface area contributed by atoms with Crippen LogP contribution in [0, 0.1) is 0 Å². The molecule has 1 rings (SSSR count). The Labute approximate surface area is 78.5 Å². The highest BCUT2D eigenvalue weighted by Crippen LogP contribution is 2.19. The van der Waals surface area contributed by atoms with Crippen LogP contribution in [0.15, 0.2) is 29.2 Å². The first-order valence-electron chi connectivity index (χ1n) is 3.13. The fourth-order valence-corrected chi connectivity index (χ4v) is 1.85. The van der Waals surface area contributed by atoms with Gasteiger partial charge in [0.15, 0.2) is 0 Å². The van der Waals surface area contributed by atoms with Gasteiger partial charge in [-0.1, -0.05) is 0 Å². The predicted molar refractivity (Wildman–Crippen MR) is 49.1 cm³/mol. The van der Waals surface area contributed by atoms with Crippen LogP contribution < -0.4 is 4.74 Å². The van der Waals surface area contributed by atoms with Crippen LogP contribution in [-0.2, 0) is 8.27 Å². The number of benzene rings is 1. The number of hydrogen-bond donors (Lipinski definition) is 0. The third kappa shape index (κ3) is 2.22. The van der Waals surface area contributed by atoms with E-state index in [1.165, 1.54) is 19.2 Å². The van der Waals surface area contributed by atoms with Gasteiger partial charge in [0.25, 0.3) is 0 Å². The molecule has 0 N–H and O–H groups in total. The molecule has 12 heavy (non-hydrogen) atoms. The van der Waals surface area contributed by atoms with Crippen LogP contribution in [0.5, 0.6) is 5.75 Å². The molecule has 0 radical (unpaired) electrons. The number of methoxy groups -OCH3 is 1. The minimum absolute atomic E-state index is 0.225. The Balaban J connectivity index is 3.09. The lowest BCUT2D eigenvalue weighted by Gasteiger charge is -1.99. The summed E-state index contributed by atoms with van der Waals surface area (Å²) in [5, 5.41) is 0. The van der Waals surface area contributed by atoms with Crippen molar-refractivity contribution in [1.82, 2.24) is 0 Å². The van der Waals surface area contributed by atoms with Crippen molar-refractivity contribution in [3.8, 4) is 5.75 Å². The van der Waals surface area contributed by atoms with Crippen molar-refractivity contribution in [2.75, 3.05) is 7.11 Å². The van der Waals surface area contributed by atoms with Gasteiger partial charge in [0, 0.05) is 0 Å². The van der Waals surface area contributed by atoms with Crippen LogP contribution in [0.4, 0.5) is 0 Å². The lowest BCUT2D eigenvalue weighted by atomic mass is 10.3. The molecule has 0 aromatic heterocycles. The Morgan fingerprint density at radius 1 is 1.25 bits per heavy atom. The summed E-state index contributed by atoms with van der Waals surface area (Å²) in [6.45, 7) is 0. The average Bonchev–Trinajstić information content (AvgIpc) is 2.03. The van der Waals surface area contributed by atoms with Crippen LogP contribution in [-0.4, -0.2) is 15.5 Å². The van der Waals surface area contributed by atoms with E-state index in [1.54, 1.807) is 12.1 Å². The lowest BCUT2D eigenvalue weighted by Crippen LogP contribution is -1.89.